The third-order valence-electron chi connectivity index (χ3n) is 1.90. The summed E-state index contributed by atoms with van der Waals surface area (Å²) in [6.45, 7) is 6.17. The molecular weight excluding hydrogens is 192 g/mol. The Morgan fingerprint density at radius 2 is 2.14 bits per heavy atom. The van der Waals surface area contributed by atoms with Crippen molar-refractivity contribution in [1.82, 2.24) is 4.98 Å². The predicted molar refractivity (Wildman–Crippen MR) is 62.7 cm³/mol. The molecule has 0 saturated carbocycles. The molecule has 2 nitrogen and oxygen atoms in total. The van der Waals surface area contributed by atoms with Crippen molar-refractivity contribution in [1.29, 1.82) is 0 Å². The minimum atomic E-state index is 0.286. The summed E-state index contributed by atoms with van der Waals surface area (Å²) < 4.78 is 0. The number of nitrogens with two attached hydrogens (primary N) is 1. The van der Waals surface area contributed by atoms with Gasteiger partial charge in [0, 0.05) is 17.5 Å². The number of nitrogens with zero attached hydrogens (tertiary/aromatic N) is 1. The first-order chi connectivity index (χ1) is 6.58. The fraction of sp³-hybridized carbons (Fsp3) is 0.545. The van der Waals surface area contributed by atoms with Crippen LogP contribution in [-0.4, -0.2) is 16.8 Å². The van der Waals surface area contributed by atoms with Crippen molar-refractivity contribution in [2.24, 2.45) is 5.73 Å². The zero-order valence-corrected chi connectivity index (χ0v) is 9.90. The van der Waals surface area contributed by atoms with Crippen LogP contribution in [0.1, 0.15) is 24.6 Å². The second-order valence-corrected chi connectivity index (χ2v) is 4.85. The van der Waals surface area contributed by atoms with Crippen LogP contribution in [-0.2, 0) is 0 Å². The lowest BCUT2D eigenvalue weighted by Gasteiger charge is -2.05. The highest BCUT2D eigenvalue weighted by Gasteiger charge is 1.99. The number of aromatic nitrogens is 1. The second kappa shape index (κ2) is 5.37. The summed E-state index contributed by atoms with van der Waals surface area (Å²) in [5.41, 5.74) is 8.05. The maximum Gasteiger partial charge on any atom is 0.0965 e. The minimum Gasteiger partial charge on any atom is -0.328 e. The van der Waals surface area contributed by atoms with Gasteiger partial charge in [0.2, 0.25) is 0 Å². The van der Waals surface area contributed by atoms with Gasteiger partial charge < -0.3 is 5.73 Å². The van der Waals surface area contributed by atoms with Gasteiger partial charge in [-0.3, -0.25) is 0 Å². The molecule has 0 aliphatic rings. The van der Waals surface area contributed by atoms with E-state index in [1.165, 1.54) is 5.56 Å². The number of rotatable bonds is 4. The minimum absolute atomic E-state index is 0.286. The van der Waals surface area contributed by atoms with Gasteiger partial charge in [0.25, 0.3) is 0 Å². The molecule has 14 heavy (non-hydrogen) atoms. The Morgan fingerprint density at radius 3 is 2.71 bits per heavy atom. The monoisotopic (exact) mass is 210 g/mol. The van der Waals surface area contributed by atoms with Crippen LogP contribution < -0.4 is 5.73 Å². The van der Waals surface area contributed by atoms with Gasteiger partial charge in [0.15, 0.2) is 0 Å². The topological polar surface area (TPSA) is 38.9 Å². The van der Waals surface area contributed by atoms with Gasteiger partial charge in [-0.1, -0.05) is 0 Å². The highest BCUT2D eigenvalue weighted by molar-refractivity contribution is 7.99. The summed E-state index contributed by atoms with van der Waals surface area (Å²) in [7, 11) is 0. The van der Waals surface area contributed by atoms with E-state index < -0.39 is 0 Å². The van der Waals surface area contributed by atoms with Crippen LogP contribution in [0.5, 0.6) is 0 Å². The van der Waals surface area contributed by atoms with Gasteiger partial charge >= 0.3 is 0 Å². The van der Waals surface area contributed by atoms with Gasteiger partial charge in [0.05, 0.1) is 5.03 Å². The maximum absolute atomic E-state index is 5.68. The number of thioether (sulfide) groups is 1. The summed E-state index contributed by atoms with van der Waals surface area (Å²) >= 11 is 1.79. The van der Waals surface area contributed by atoms with Gasteiger partial charge in [-0.15, -0.1) is 11.8 Å². The summed E-state index contributed by atoms with van der Waals surface area (Å²) in [6.07, 6.45) is 1.04. The van der Waals surface area contributed by atoms with Crippen molar-refractivity contribution in [2.75, 3.05) is 5.75 Å². The van der Waals surface area contributed by atoms with Crippen LogP contribution in [0.3, 0.4) is 0 Å². The average Bonchev–Trinajstić information content (AvgIpc) is 2.01. The number of hydrogen-bond acceptors (Lipinski definition) is 3. The first-order valence-corrected chi connectivity index (χ1v) is 5.90. The normalized spacial score (nSPS) is 12.9. The Morgan fingerprint density at radius 1 is 1.43 bits per heavy atom. The first-order valence-electron chi connectivity index (χ1n) is 4.91. The molecule has 1 unspecified atom stereocenters. The second-order valence-electron chi connectivity index (χ2n) is 3.74. The molecule has 1 aromatic rings. The lowest BCUT2D eigenvalue weighted by molar-refractivity contribution is 0.721. The van der Waals surface area contributed by atoms with E-state index in [0.717, 1.165) is 22.9 Å². The van der Waals surface area contributed by atoms with E-state index in [-0.39, 0.29) is 6.04 Å². The molecule has 0 spiro atoms. The van der Waals surface area contributed by atoms with E-state index in [0.29, 0.717) is 0 Å². The van der Waals surface area contributed by atoms with Crippen molar-refractivity contribution in [2.45, 2.75) is 38.3 Å². The summed E-state index contributed by atoms with van der Waals surface area (Å²) in [5.74, 6) is 1.05. The Bertz CT molecular complexity index is 277. The molecule has 0 aliphatic heterocycles. The zero-order valence-electron chi connectivity index (χ0n) is 9.08. The van der Waals surface area contributed by atoms with Gasteiger partial charge in [-0.2, -0.15) is 0 Å². The average molecular weight is 210 g/mol. The molecule has 0 aliphatic carbocycles. The van der Waals surface area contributed by atoms with Crippen molar-refractivity contribution in [3.63, 3.8) is 0 Å². The van der Waals surface area contributed by atoms with E-state index in [2.05, 4.69) is 24.0 Å². The highest BCUT2D eigenvalue weighted by Crippen LogP contribution is 2.18. The van der Waals surface area contributed by atoms with E-state index in [1.807, 2.05) is 13.8 Å². The molecule has 78 valence electrons. The van der Waals surface area contributed by atoms with Crippen LogP contribution in [0.15, 0.2) is 17.2 Å². The molecule has 0 fully saturated rings. The maximum atomic E-state index is 5.68. The van der Waals surface area contributed by atoms with E-state index in [1.54, 1.807) is 11.8 Å². The van der Waals surface area contributed by atoms with Gasteiger partial charge in [-0.05, 0) is 44.9 Å². The summed E-state index contributed by atoms with van der Waals surface area (Å²) in [6, 6.07) is 4.50. The lowest BCUT2D eigenvalue weighted by Crippen LogP contribution is -2.15. The quantitative estimate of drug-likeness (QED) is 0.776. The Balaban J connectivity index is 2.50. The Kier molecular flexibility index (Phi) is 4.42. The van der Waals surface area contributed by atoms with Crippen LogP contribution in [0, 0.1) is 13.8 Å². The van der Waals surface area contributed by atoms with Gasteiger partial charge in [0.1, 0.15) is 0 Å². The smallest absolute Gasteiger partial charge is 0.0965 e. The molecule has 1 atom stereocenters. The largest absolute Gasteiger partial charge is 0.328 e. The standard InChI is InChI=1S/C11H18N2S/c1-8-6-10(3)13-11(7-8)14-5-4-9(2)12/h6-7,9H,4-5,12H2,1-3H3. The number of aryl methyl sites for hydroxylation is 2. The van der Waals surface area contributed by atoms with Crippen LogP contribution >= 0.6 is 11.8 Å². The lowest BCUT2D eigenvalue weighted by atomic mass is 10.3. The Labute approximate surface area is 90.3 Å². The molecule has 1 heterocycles. The van der Waals surface area contributed by atoms with E-state index in [9.17, 15) is 0 Å². The molecule has 0 radical (unpaired) electrons. The van der Waals surface area contributed by atoms with Crippen molar-refractivity contribution >= 4 is 11.8 Å². The van der Waals surface area contributed by atoms with Gasteiger partial charge in [-0.25, -0.2) is 4.98 Å². The van der Waals surface area contributed by atoms with E-state index >= 15 is 0 Å². The van der Waals surface area contributed by atoms with Crippen molar-refractivity contribution in [3.05, 3.63) is 23.4 Å². The summed E-state index contributed by atoms with van der Waals surface area (Å²) in [5, 5.41) is 1.11. The molecule has 0 aromatic carbocycles. The molecule has 1 rings (SSSR count). The fourth-order valence-electron chi connectivity index (χ4n) is 1.23. The van der Waals surface area contributed by atoms with E-state index in [4.69, 9.17) is 5.73 Å². The third kappa shape index (κ3) is 4.11. The fourth-order valence-corrected chi connectivity index (χ4v) is 2.40. The van der Waals surface area contributed by atoms with Crippen LogP contribution in [0.2, 0.25) is 0 Å². The molecule has 0 amide bonds. The highest BCUT2D eigenvalue weighted by atomic mass is 32.2. The SMILES string of the molecule is Cc1cc(C)nc(SCCC(C)N)c1. The zero-order chi connectivity index (χ0) is 10.6. The summed E-state index contributed by atoms with van der Waals surface area (Å²) in [4.78, 5) is 4.45. The van der Waals surface area contributed by atoms with Crippen LogP contribution in [0.25, 0.3) is 0 Å². The number of pyridine rings is 1. The van der Waals surface area contributed by atoms with Crippen molar-refractivity contribution in [3.8, 4) is 0 Å². The van der Waals surface area contributed by atoms with Crippen LogP contribution in [0.4, 0.5) is 0 Å². The molecule has 0 saturated heterocycles. The predicted octanol–water partition coefficient (Wildman–Crippen LogP) is 2.53. The Hall–Kier alpha value is -0.540. The third-order valence-corrected chi connectivity index (χ3v) is 2.84. The molecular formula is C11H18N2S. The number of hydrogen-bond donors (Lipinski definition) is 1. The molecule has 3 heteroatoms. The first kappa shape index (κ1) is 11.5. The molecule has 1 aromatic heterocycles. The molecule has 0 bridgehead atoms. The van der Waals surface area contributed by atoms with Crippen molar-refractivity contribution < 1.29 is 0 Å². The molecule has 2 N–H and O–H groups in total.